The fraction of sp³-hybridized carbons (Fsp3) is 0.818. The molecule has 19 heavy (non-hydrogen) atoms. The Kier molecular flexibility index (Phi) is 5.02. The lowest BCUT2D eigenvalue weighted by Crippen LogP contribution is -2.56. The maximum Gasteiger partial charge on any atom is 0.406 e. The maximum atomic E-state index is 12.3. The minimum atomic E-state index is -4.42. The van der Waals surface area contributed by atoms with Gasteiger partial charge in [0.15, 0.2) is 0 Å². The third kappa shape index (κ3) is 4.96. The number of carboxylic acids is 1. The van der Waals surface area contributed by atoms with Crippen LogP contribution in [0.5, 0.6) is 0 Å². The van der Waals surface area contributed by atoms with Crippen molar-refractivity contribution in [2.45, 2.75) is 25.9 Å². The first-order chi connectivity index (χ1) is 8.73. The standard InChI is InChI=1S/C11H17F3N2O3/c1-2-3-15(7-11(12,13)14)10(19)16-5-8(6-16)4-9(17)18/h8H,2-7H2,1H3,(H,17,18). The van der Waals surface area contributed by atoms with Gasteiger partial charge >= 0.3 is 18.2 Å². The Morgan fingerprint density at radius 1 is 1.37 bits per heavy atom. The number of carbonyl (C=O) groups excluding carboxylic acids is 1. The van der Waals surface area contributed by atoms with Gasteiger partial charge in [0.05, 0.1) is 6.42 Å². The summed E-state index contributed by atoms with van der Waals surface area (Å²) < 4.78 is 37.0. The number of amides is 2. The predicted octanol–water partition coefficient (Wildman–Crippen LogP) is 1.79. The van der Waals surface area contributed by atoms with Gasteiger partial charge in [-0.3, -0.25) is 4.79 Å². The Hall–Kier alpha value is -1.47. The first kappa shape index (κ1) is 15.6. The van der Waals surface area contributed by atoms with Crippen molar-refractivity contribution in [1.29, 1.82) is 0 Å². The lowest BCUT2D eigenvalue weighted by molar-refractivity contribution is -0.142. The van der Waals surface area contributed by atoms with Crippen molar-refractivity contribution >= 4 is 12.0 Å². The van der Waals surface area contributed by atoms with Gasteiger partial charge in [0.25, 0.3) is 0 Å². The molecule has 0 radical (unpaired) electrons. The summed E-state index contributed by atoms with van der Waals surface area (Å²) in [6, 6.07) is -0.666. The van der Waals surface area contributed by atoms with E-state index in [4.69, 9.17) is 5.11 Å². The second-order valence-electron chi connectivity index (χ2n) is 4.69. The van der Waals surface area contributed by atoms with E-state index in [0.717, 1.165) is 4.90 Å². The van der Waals surface area contributed by atoms with Crippen molar-refractivity contribution in [1.82, 2.24) is 9.80 Å². The molecule has 0 aliphatic carbocycles. The monoisotopic (exact) mass is 282 g/mol. The van der Waals surface area contributed by atoms with Crippen LogP contribution in [0.15, 0.2) is 0 Å². The third-order valence-corrected chi connectivity index (χ3v) is 2.83. The van der Waals surface area contributed by atoms with Crippen molar-refractivity contribution in [3.05, 3.63) is 0 Å². The van der Waals surface area contributed by atoms with E-state index in [-0.39, 0.29) is 32.0 Å². The predicted molar refractivity (Wildman–Crippen MR) is 60.6 cm³/mol. The number of aliphatic carboxylic acids is 1. The normalized spacial score (nSPS) is 16.1. The molecule has 0 aromatic rings. The van der Waals surface area contributed by atoms with Crippen LogP contribution in [-0.2, 0) is 4.79 Å². The molecular formula is C11H17F3N2O3. The van der Waals surface area contributed by atoms with Gasteiger partial charge < -0.3 is 14.9 Å². The van der Waals surface area contributed by atoms with Gasteiger partial charge in [-0.1, -0.05) is 6.92 Å². The van der Waals surface area contributed by atoms with Gasteiger partial charge in [0.2, 0.25) is 0 Å². The molecule has 2 amide bonds. The Morgan fingerprint density at radius 3 is 2.37 bits per heavy atom. The topological polar surface area (TPSA) is 60.9 Å². The van der Waals surface area contributed by atoms with E-state index in [9.17, 15) is 22.8 Å². The molecular weight excluding hydrogens is 265 g/mol. The van der Waals surface area contributed by atoms with E-state index in [1.807, 2.05) is 0 Å². The summed E-state index contributed by atoms with van der Waals surface area (Å²) in [6.45, 7) is 0.893. The summed E-state index contributed by atoms with van der Waals surface area (Å²) in [7, 11) is 0. The molecule has 0 saturated carbocycles. The van der Waals surface area contributed by atoms with Crippen LogP contribution in [0, 0.1) is 5.92 Å². The van der Waals surface area contributed by atoms with Crippen molar-refractivity contribution < 1.29 is 27.9 Å². The van der Waals surface area contributed by atoms with Gasteiger partial charge in [-0.2, -0.15) is 13.2 Å². The molecule has 1 aliphatic heterocycles. The summed E-state index contributed by atoms with van der Waals surface area (Å²) in [5.41, 5.74) is 0. The minimum absolute atomic E-state index is 0.0401. The van der Waals surface area contributed by atoms with Crippen LogP contribution in [0.3, 0.4) is 0 Å². The van der Waals surface area contributed by atoms with E-state index >= 15 is 0 Å². The molecule has 1 rings (SSSR count). The number of hydrogen-bond donors (Lipinski definition) is 1. The summed E-state index contributed by atoms with van der Waals surface area (Å²) in [5.74, 6) is -1.12. The SMILES string of the molecule is CCCN(CC(F)(F)F)C(=O)N1CC(CC(=O)O)C1. The fourth-order valence-electron chi connectivity index (χ4n) is 2.03. The highest BCUT2D eigenvalue weighted by atomic mass is 19.4. The van der Waals surface area contributed by atoms with Gasteiger partial charge in [0.1, 0.15) is 6.54 Å². The molecule has 0 atom stereocenters. The molecule has 0 bridgehead atoms. The van der Waals surface area contributed by atoms with E-state index < -0.39 is 24.7 Å². The fourth-order valence-corrected chi connectivity index (χ4v) is 2.03. The number of hydrogen-bond acceptors (Lipinski definition) is 2. The molecule has 0 aromatic heterocycles. The highest BCUT2D eigenvalue weighted by molar-refractivity contribution is 5.76. The summed E-state index contributed by atoms with van der Waals surface area (Å²) in [4.78, 5) is 24.3. The first-order valence-corrected chi connectivity index (χ1v) is 6.05. The molecule has 1 fully saturated rings. The van der Waals surface area contributed by atoms with Crippen LogP contribution in [0.1, 0.15) is 19.8 Å². The quantitative estimate of drug-likeness (QED) is 0.836. The van der Waals surface area contributed by atoms with Crippen LogP contribution in [-0.4, -0.2) is 59.3 Å². The number of urea groups is 1. The van der Waals surface area contributed by atoms with Crippen molar-refractivity contribution in [3.63, 3.8) is 0 Å². The van der Waals surface area contributed by atoms with Crippen LogP contribution in [0.2, 0.25) is 0 Å². The second kappa shape index (κ2) is 6.12. The van der Waals surface area contributed by atoms with Crippen LogP contribution >= 0.6 is 0 Å². The average molecular weight is 282 g/mol. The van der Waals surface area contributed by atoms with Crippen LogP contribution < -0.4 is 0 Å². The molecule has 5 nitrogen and oxygen atoms in total. The highest BCUT2D eigenvalue weighted by Crippen LogP contribution is 2.23. The number of halogens is 3. The third-order valence-electron chi connectivity index (χ3n) is 2.83. The van der Waals surface area contributed by atoms with Gasteiger partial charge in [-0.05, 0) is 6.42 Å². The number of rotatable bonds is 5. The largest absolute Gasteiger partial charge is 0.481 e. The smallest absolute Gasteiger partial charge is 0.406 e. The lowest BCUT2D eigenvalue weighted by atomic mass is 9.97. The van der Waals surface area contributed by atoms with Crippen molar-refractivity contribution in [2.24, 2.45) is 5.92 Å². The van der Waals surface area contributed by atoms with E-state index in [1.54, 1.807) is 6.92 Å². The van der Waals surface area contributed by atoms with Crippen LogP contribution in [0.25, 0.3) is 0 Å². The molecule has 8 heteroatoms. The van der Waals surface area contributed by atoms with Crippen molar-refractivity contribution in [3.8, 4) is 0 Å². The molecule has 0 spiro atoms. The molecule has 1 saturated heterocycles. The highest BCUT2D eigenvalue weighted by Gasteiger charge is 2.38. The number of carboxylic acid groups (broad SMARTS) is 1. The summed E-state index contributed by atoms with van der Waals surface area (Å²) in [6.07, 6.45) is -4.04. The van der Waals surface area contributed by atoms with Crippen LogP contribution in [0.4, 0.5) is 18.0 Å². The van der Waals surface area contributed by atoms with Gasteiger partial charge in [0, 0.05) is 25.6 Å². The zero-order valence-electron chi connectivity index (χ0n) is 10.6. The Labute approximate surface area is 109 Å². The van der Waals surface area contributed by atoms with E-state index in [0.29, 0.717) is 6.42 Å². The second-order valence-corrected chi connectivity index (χ2v) is 4.69. The maximum absolute atomic E-state index is 12.3. The van der Waals surface area contributed by atoms with E-state index in [1.165, 1.54) is 4.90 Å². The molecule has 1 N–H and O–H groups in total. The Morgan fingerprint density at radius 2 is 1.95 bits per heavy atom. The molecule has 0 unspecified atom stereocenters. The molecule has 110 valence electrons. The van der Waals surface area contributed by atoms with Crippen molar-refractivity contribution in [2.75, 3.05) is 26.2 Å². The zero-order chi connectivity index (χ0) is 14.6. The molecule has 1 heterocycles. The number of alkyl halides is 3. The van der Waals surface area contributed by atoms with E-state index in [2.05, 4.69) is 0 Å². The molecule has 1 aliphatic rings. The molecule has 0 aromatic carbocycles. The average Bonchev–Trinajstić information content (AvgIpc) is 2.19. The van der Waals surface area contributed by atoms with Gasteiger partial charge in [-0.25, -0.2) is 4.79 Å². The lowest BCUT2D eigenvalue weighted by Gasteiger charge is -2.41. The number of likely N-dealkylation sites (tertiary alicyclic amines) is 1. The number of carbonyl (C=O) groups is 2. The Bertz CT molecular complexity index is 341. The summed E-state index contributed by atoms with van der Waals surface area (Å²) >= 11 is 0. The minimum Gasteiger partial charge on any atom is -0.481 e. The Balaban J connectivity index is 2.48. The first-order valence-electron chi connectivity index (χ1n) is 6.05. The van der Waals surface area contributed by atoms with Gasteiger partial charge in [-0.15, -0.1) is 0 Å². The summed E-state index contributed by atoms with van der Waals surface area (Å²) in [5, 5.41) is 8.56. The zero-order valence-corrected chi connectivity index (χ0v) is 10.6. The number of nitrogens with zero attached hydrogens (tertiary/aromatic N) is 2.